The summed E-state index contributed by atoms with van der Waals surface area (Å²) in [7, 11) is 0. The van der Waals surface area contributed by atoms with Crippen molar-refractivity contribution >= 4 is 46.4 Å². The maximum absolute atomic E-state index is 12.0. The fourth-order valence-corrected chi connectivity index (χ4v) is 3.76. The first-order valence-corrected chi connectivity index (χ1v) is 10.5. The number of thiocarbonyl (C=S) groups is 1. The third-order valence-corrected chi connectivity index (χ3v) is 4.90. The van der Waals surface area contributed by atoms with E-state index in [0.29, 0.717) is 22.2 Å². The molecule has 6 nitrogen and oxygen atoms in total. The molecule has 160 valence electrons. The highest BCUT2D eigenvalue weighted by molar-refractivity contribution is 7.80. The molecule has 1 unspecified atom stereocenters. The number of rotatable bonds is 4. The van der Waals surface area contributed by atoms with Crippen LogP contribution >= 0.6 is 23.8 Å². The molecule has 0 saturated carbocycles. The van der Waals surface area contributed by atoms with Gasteiger partial charge in [-0.3, -0.25) is 5.32 Å². The van der Waals surface area contributed by atoms with Crippen molar-refractivity contribution in [1.82, 2.24) is 5.32 Å². The molecule has 3 rings (SSSR count). The smallest absolute Gasteiger partial charge is 0.411 e. The molecule has 0 aliphatic carbocycles. The van der Waals surface area contributed by atoms with E-state index >= 15 is 0 Å². The number of carbonyl (C=O) groups is 1. The van der Waals surface area contributed by atoms with E-state index in [9.17, 15) is 4.79 Å². The summed E-state index contributed by atoms with van der Waals surface area (Å²) in [6.07, 6.45) is -0.00200. The Kier molecular flexibility index (Phi) is 6.73. The Morgan fingerprint density at radius 3 is 2.63 bits per heavy atom. The minimum Gasteiger partial charge on any atom is -0.487 e. The van der Waals surface area contributed by atoms with Gasteiger partial charge in [0.1, 0.15) is 11.4 Å². The number of hydrogen-bond donors (Lipinski definition) is 3. The number of halogens is 1. The average molecular weight is 448 g/mol. The first-order valence-electron chi connectivity index (χ1n) is 9.75. The second-order valence-electron chi connectivity index (χ2n) is 8.06. The summed E-state index contributed by atoms with van der Waals surface area (Å²) in [4.78, 5) is 12.0. The Morgan fingerprint density at radius 2 is 1.93 bits per heavy atom. The van der Waals surface area contributed by atoms with E-state index in [-0.39, 0.29) is 17.7 Å². The standard InChI is InChI=1S/C22H26ClN3O3S/c1-13(2)28-21(27)25-16-8-9-19-17(11-16)18(12-22(3,4)29-19)26-20(30)24-15-7-5-6-14(23)10-15/h5-11,13,18H,12H2,1-4H3,(H,25,27)(H2,24,26,30). The number of fused-ring (bicyclic) bond motifs is 1. The number of benzene rings is 2. The van der Waals surface area contributed by atoms with Gasteiger partial charge in [0.2, 0.25) is 0 Å². The molecular weight excluding hydrogens is 422 g/mol. The maximum atomic E-state index is 12.0. The summed E-state index contributed by atoms with van der Waals surface area (Å²) in [6, 6.07) is 12.8. The average Bonchev–Trinajstić information content (AvgIpc) is 2.60. The zero-order valence-corrected chi connectivity index (χ0v) is 19.0. The third-order valence-electron chi connectivity index (χ3n) is 4.44. The largest absolute Gasteiger partial charge is 0.487 e. The van der Waals surface area contributed by atoms with Gasteiger partial charge in [0.05, 0.1) is 12.1 Å². The molecule has 1 atom stereocenters. The topological polar surface area (TPSA) is 71.6 Å². The molecule has 0 bridgehead atoms. The second-order valence-corrected chi connectivity index (χ2v) is 8.90. The van der Waals surface area contributed by atoms with Crippen LogP contribution < -0.4 is 20.7 Å². The van der Waals surface area contributed by atoms with Crippen molar-refractivity contribution in [2.24, 2.45) is 0 Å². The molecule has 0 spiro atoms. The Bertz CT molecular complexity index is 949. The van der Waals surface area contributed by atoms with Crippen molar-refractivity contribution < 1.29 is 14.3 Å². The molecule has 2 aromatic carbocycles. The summed E-state index contributed by atoms with van der Waals surface area (Å²) in [5.41, 5.74) is 1.97. The highest BCUT2D eigenvalue weighted by Crippen LogP contribution is 2.40. The van der Waals surface area contributed by atoms with Gasteiger partial charge in [-0.1, -0.05) is 17.7 Å². The Hall–Kier alpha value is -2.51. The first kappa shape index (κ1) is 22.2. The quantitative estimate of drug-likeness (QED) is 0.508. The van der Waals surface area contributed by atoms with Crippen molar-refractivity contribution in [3.05, 3.63) is 53.1 Å². The van der Waals surface area contributed by atoms with E-state index in [1.165, 1.54) is 0 Å². The number of ether oxygens (including phenoxy) is 2. The van der Waals surface area contributed by atoms with Crippen molar-refractivity contribution in [2.45, 2.75) is 51.9 Å². The zero-order chi connectivity index (χ0) is 21.9. The van der Waals surface area contributed by atoms with E-state index < -0.39 is 6.09 Å². The molecule has 3 N–H and O–H groups in total. The summed E-state index contributed by atoms with van der Waals surface area (Å²) in [6.45, 7) is 7.67. The van der Waals surface area contributed by atoms with Crippen LogP contribution in [0.25, 0.3) is 0 Å². The Morgan fingerprint density at radius 1 is 1.20 bits per heavy atom. The van der Waals surface area contributed by atoms with Crippen molar-refractivity contribution in [1.29, 1.82) is 0 Å². The van der Waals surface area contributed by atoms with Crippen molar-refractivity contribution in [2.75, 3.05) is 10.6 Å². The van der Waals surface area contributed by atoms with Crippen LogP contribution in [0.3, 0.4) is 0 Å². The van der Waals surface area contributed by atoms with E-state index in [4.69, 9.17) is 33.3 Å². The van der Waals surface area contributed by atoms with E-state index in [1.807, 2.05) is 38.1 Å². The maximum Gasteiger partial charge on any atom is 0.411 e. The SMILES string of the molecule is CC(C)OC(=O)Nc1ccc2c(c1)C(NC(=S)Nc1cccc(Cl)c1)CC(C)(C)O2. The molecule has 1 heterocycles. The minimum atomic E-state index is -0.496. The predicted octanol–water partition coefficient (Wildman–Crippen LogP) is 5.89. The molecular formula is C22H26ClN3O3S. The van der Waals surface area contributed by atoms with Crippen LogP contribution in [-0.4, -0.2) is 22.9 Å². The van der Waals surface area contributed by atoms with Gasteiger partial charge in [-0.25, -0.2) is 4.79 Å². The number of nitrogens with one attached hydrogen (secondary N) is 3. The molecule has 0 fully saturated rings. The second kappa shape index (κ2) is 9.10. The minimum absolute atomic E-state index is 0.106. The van der Waals surface area contributed by atoms with Crippen LogP contribution in [0.4, 0.5) is 16.2 Å². The molecule has 1 aliphatic heterocycles. The fraction of sp³-hybridized carbons (Fsp3) is 0.364. The number of carbonyl (C=O) groups excluding carboxylic acids is 1. The van der Waals surface area contributed by atoms with Crippen LogP contribution in [0.2, 0.25) is 5.02 Å². The van der Waals surface area contributed by atoms with Gasteiger partial charge in [-0.05, 0) is 76.3 Å². The summed E-state index contributed by atoms with van der Waals surface area (Å²) < 4.78 is 11.3. The van der Waals surface area contributed by atoms with Crippen LogP contribution in [-0.2, 0) is 4.74 Å². The van der Waals surface area contributed by atoms with Gasteiger partial charge in [-0.15, -0.1) is 0 Å². The zero-order valence-electron chi connectivity index (χ0n) is 17.4. The molecule has 30 heavy (non-hydrogen) atoms. The van der Waals surface area contributed by atoms with Crippen LogP contribution in [0.15, 0.2) is 42.5 Å². The van der Waals surface area contributed by atoms with E-state index in [0.717, 1.165) is 17.0 Å². The number of amides is 1. The van der Waals surface area contributed by atoms with Crippen LogP contribution in [0.1, 0.15) is 45.7 Å². The van der Waals surface area contributed by atoms with Crippen molar-refractivity contribution in [3.63, 3.8) is 0 Å². The molecule has 1 aliphatic rings. The lowest BCUT2D eigenvalue weighted by Gasteiger charge is -2.38. The molecule has 1 amide bonds. The fourth-order valence-electron chi connectivity index (χ4n) is 3.31. The van der Waals surface area contributed by atoms with E-state index in [1.54, 1.807) is 32.0 Å². The predicted molar refractivity (Wildman–Crippen MR) is 125 cm³/mol. The molecule has 0 saturated heterocycles. The number of anilines is 2. The lowest BCUT2D eigenvalue weighted by atomic mass is 9.89. The number of hydrogen-bond acceptors (Lipinski definition) is 4. The monoisotopic (exact) mass is 447 g/mol. The van der Waals surface area contributed by atoms with Gasteiger partial charge in [0.15, 0.2) is 5.11 Å². The Balaban J connectivity index is 1.78. The van der Waals surface area contributed by atoms with Crippen LogP contribution in [0.5, 0.6) is 5.75 Å². The summed E-state index contributed by atoms with van der Waals surface area (Å²) in [5, 5.41) is 10.4. The van der Waals surface area contributed by atoms with Crippen LogP contribution in [0, 0.1) is 0 Å². The highest BCUT2D eigenvalue weighted by Gasteiger charge is 2.34. The highest BCUT2D eigenvalue weighted by atomic mass is 35.5. The summed E-state index contributed by atoms with van der Waals surface area (Å²) in [5.74, 6) is 0.747. The molecule has 8 heteroatoms. The first-order chi connectivity index (χ1) is 14.1. The van der Waals surface area contributed by atoms with Gasteiger partial charge in [-0.2, -0.15) is 0 Å². The Labute approximate surface area is 187 Å². The van der Waals surface area contributed by atoms with Crippen molar-refractivity contribution in [3.8, 4) is 5.75 Å². The molecule has 0 radical (unpaired) electrons. The summed E-state index contributed by atoms with van der Waals surface area (Å²) >= 11 is 11.6. The normalized spacial score (nSPS) is 16.8. The lowest BCUT2D eigenvalue weighted by Crippen LogP contribution is -2.42. The third kappa shape index (κ3) is 6.00. The van der Waals surface area contributed by atoms with Gasteiger partial charge in [0.25, 0.3) is 0 Å². The lowest BCUT2D eigenvalue weighted by molar-refractivity contribution is 0.0697. The van der Waals surface area contributed by atoms with Gasteiger partial charge < -0.3 is 20.1 Å². The van der Waals surface area contributed by atoms with Gasteiger partial charge in [0, 0.05) is 28.4 Å². The molecule has 2 aromatic rings. The van der Waals surface area contributed by atoms with E-state index in [2.05, 4.69) is 16.0 Å². The molecule has 0 aromatic heterocycles. The van der Waals surface area contributed by atoms with Gasteiger partial charge >= 0.3 is 6.09 Å².